The minimum Gasteiger partial charge on any atom is -0.490 e. The third kappa shape index (κ3) is 6.90. The highest BCUT2D eigenvalue weighted by Gasteiger charge is 2.13. The van der Waals surface area contributed by atoms with Crippen LogP contribution in [0.4, 0.5) is 10.1 Å². The van der Waals surface area contributed by atoms with Gasteiger partial charge in [0, 0.05) is 5.69 Å². The van der Waals surface area contributed by atoms with E-state index in [1.165, 1.54) is 42.6 Å². The molecular weight excluding hydrogens is 439 g/mol. The Balaban J connectivity index is 1.58. The molecule has 0 aliphatic rings. The molecule has 34 heavy (non-hydrogen) atoms. The van der Waals surface area contributed by atoms with Gasteiger partial charge in [0.25, 0.3) is 0 Å². The number of anilines is 1. The molecular formula is C25H21FN4O4. The maximum Gasteiger partial charge on any atom is 0.329 e. The Bertz CT molecular complexity index is 1220. The second-order valence-electron chi connectivity index (χ2n) is 6.90. The number of nitrogens with zero attached hydrogens (tertiary/aromatic N) is 2. The van der Waals surface area contributed by atoms with Crippen molar-refractivity contribution >= 4 is 23.7 Å². The molecule has 3 aromatic carbocycles. The Morgan fingerprint density at radius 2 is 1.74 bits per heavy atom. The van der Waals surface area contributed by atoms with Crippen molar-refractivity contribution in [2.24, 2.45) is 5.10 Å². The standard InChI is InChI=1S/C25H21FN4O4/c1-2-33-23-13-19(7-12-22(23)34-16-18-3-8-20(26)9-4-18)15-28-30-25(32)24(31)29-21-10-5-17(14-27)6-11-21/h3-13,15H,2,16H2,1H3,(H,29,31)(H,30,32). The van der Waals surface area contributed by atoms with Crippen molar-refractivity contribution in [3.8, 4) is 17.6 Å². The van der Waals surface area contributed by atoms with Crippen molar-refractivity contribution < 1.29 is 23.5 Å². The first kappa shape index (κ1) is 23.9. The summed E-state index contributed by atoms with van der Waals surface area (Å²) in [7, 11) is 0. The van der Waals surface area contributed by atoms with Gasteiger partial charge >= 0.3 is 11.8 Å². The van der Waals surface area contributed by atoms with Crippen molar-refractivity contribution in [2.75, 3.05) is 11.9 Å². The molecule has 0 aliphatic heterocycles. The highest BCUT2D eigenvalue weighted by atomic mass is 19.1. The number of amides is 2. The Kier molecular flexibility index (Phi) is 8.30. The van der Waals surface area contributed by atoms with Gasteiger partial charge in [-0.3, -0.25) is 9.59 Å². The van der Waals surface area contributed by atoms with Gasteiger partial charge in [-0.2, -0.15) is 10.4 Å². The van der Waals surface area contributed by atoms with Gasteiger partial charge in [0.2, 0.25) is 0 Å². The predicted molar refractivity (Wildman–Crippen MR) is 124 cm³/mol. The number of nitriles is 1. The van der Waals surface area contributed by atoms with Crippen LogP contribution in [0, 0.1) is 17.1 Å². The number of halogens is 1. The molecule has 0 aliphatic carbocycles. The normalized spacial score (nSPS) is 10.4. The van der Waals surface area contributed by atoms with Crippen LogP contribution in [0.15, 0.2) is 71.8 Å². The van der Waals surface area contributed by atoms with E-state index in [9.17, 15) is 14.0 Å². The molecule has 0 spiro atoms. The third-order valence-corrected chi connectivity index (χ3v) is 4.43. The lowest BCUT2D eigenvalue weighted by atomic mass is 10.2. The molecule has 0 radical (unpaired) electrons. The van der Waals surface area contributed by atoms with Crippen LogP contribution >= 0.6 is 0 Å². The lowest BCUT2D eigenvalue weighted by Crippen LogP contribution is -2.32. The average Bonchev–Trinajstić information content (AvgIpc) is 2.85. The SMILES string of the molecule is CCOc1cc(C=NNC(=O)C(=O)Nc2ccc(C#N)cc2)ccc1OCc1ccc(F)cc1. The van der Waals surface area contributed by atoms with E-state index < -0.39 is 11.8 Å². The summed E-state index contributed by atoms with van der Waals surface area (Å²) >= 11 is 0. The molecule has 0 saturated carbocycles. The summed E-state index contributed by atoms with van der Waals surface area (Å²) in [5.41, 5.74) is 4.37. The summed E-state index contributed by atoms with van der Waals surface area (Å²) in [6.07, 6.45) is 1.36. The zero-order chi connectivity index (χ0) is 24.3. The molecule has 0 fully saturated rings. The molecule has 2 amide bonds. The van der Waals surface area contributed by atoms with Gasteiger partial charge in [0.15, 0.2) is 11.5 Å². The van der Waals surface area contributed by atoms with E-state index in [0.717, 1.165) is 5.56 Å². The zero-order valence-corrected chi connectivity index (χ0v) is 18.2. The maximum absolute atomic E-state index is 13.0. The number of hydrazone groups is 1. The molecule has 0 unspecified atom stereocenters. The first-order valence-electron chi connectivity index (χ1n) is 10.3. The number of rotatable bonds is 8. The number of hydrogen-bond donors (Lipinski definition) is 2. The highest BCUT2D eigenvalue weighted by Crippen LogP contribution is 2.29. The van der Waals surface area contributed by atoms with Crippen molar-refractivity contribution in [1.82, 2.24) is 5.43 Å². The van der Waals surface area contributed by atoms with Crippen LogP contribution in [-0.4, -0.2) is 24.6 Å². The Hall–Kier alpha value is -4.71. The van der Waals surface area contributed by atoms with Crippen LogP contribution in [-0.2, 0) is 16.2 Å². The average molecular weight is 460 g/mol. The van der Waals surface area contributed by atoms with Crippen molar-refractivity contribution in [3.63, 3.8) is 0 Å². The largest absolute Gasteiger partial charge is 0.490 e. The third-order valence-electron chi connectivity index (χ3n) is 4.43. The topological polar surface area (TPSA) is 113 Å². The number of nitrogens with one attached hydrogen (secondary N) is 2. The summed E-state index contributed by atoms with van der Waals surface area (Å²) in [4.78, 5) is 23.9. The van der Waals surface area contributed by atoms with Crippen LogP contribution < -0.4 is 20.2 Å². The lowest BCUT2D eigenvalue weighted by Gasteiger charge is -2.12. The molecule has 0 bridgehead atoms. The molecule has 0 atom stereocenters. The fourth-order valence-corrected chi connectivity index (χ4v) is 2.77. The van der Waals surface area contributed by atoms with Gasteiger partial charge < -0.3 is 14.8 Å². The number of hydrogen-bond acceptors (Lipinski definition) is 6. The summed E-state index contributed by atoms with van der Waals surface area (Å²) in [6.45, 7) is 2.47. The number of carbonyl (C=O) groups excluding carboxylic acids is 2. The van der Waals surface area contributed by atoms with Crippen molar-refractivity contribution in [3.05, 3.63) is 89.2 Å². The number of carbonyl (C=O) groups is 2. The fraction of sp³-hybridized carbons (Fsp3) is 0.120. The molecule has 3 rings (SSSR count). The molecule has 8 nitrogen and oxygen atoms in total. The maximum atomic E-state index is 13.0. The van der Waals surface area contributed by atoms with Gasteiger partial charge in [0.05, 0.1) is 24.5 Å². The smallest absolute Gasteiger partial charge is 0.329 e. The van der Waals surface area contributed by atoms with Gasteiger partial charge in [0.1, 0.15) is 12.4 Å². The van der Waals surface area contributed by atoms with Crippen LogP contribution in [0.3, 0.4) is 0 Å². The minimum atomic E-state index is -0.954. The van der Waals surface area contributed by atoms with E-state index in [2.05, 4.69) is 15.8 Å². The van der Waals surface area contributed by atoms with E-state index in [-0.39, 0.29) is 12.4 Å². The van der Waals surface area contributed by atoms with E-state index in [0.29, 0.717) is 34.9 Å². The minimum absolute atomic E-state index is 0.234. The van der Waals surface area contributed by atoms with Crippen LogP contribution in [0.2, 0.25) is 0 Å². The van der Waals surface area contributed by atoms with Crippen molar-refractivity contribution in [1.29, 1.82) is 5.26 Å². The summed E-state index contributed by atoms with van der Waals surface area (Å²) in [5, 5.41) is 15.0. The molecule has 0 aromatic heterocycles. The summed E-state index contributed by atoms with van der Waals surface area (Å²) in [6, 6.07) is 19.1. The van der Waals surface area contributed by atoms with Gasteiger partial charge in [-0.1, -0.05) is 12.1 Å². The van der Waals surface area contributed by atoms with E-state index in [1.807, 2.05) is 13.0 Å². The van der Waals surface area contributed by atoms with Crippen molar-refractivity contribution in [2.45, 2.75) is 13.5 Å². The second kappa shape index (κ2) is 11.8. The lowest BCUT2D eigenvalue weighted by molar-refractivity contribution is -0.136. The molecule has 9 heteroatoms. The Labute approximate surface area is 195 Å². The molecule has 0 saturated heterocycles. The zero-order valence-electron chi connectivity index (χ0n) is 18.2. The Morgan fingerprint density at radius 1 is 1.00 bits per heavy atom. The van der Waals surface area contributed by atoms with E-state index in [4.69, 9.17) is 14.7 Å². The molecule has 172 valence electrons. The van der Waals surface area contributed by atoms with Crippen LogP contribution in [0.25, 0.3) is 0 Å². The number of ether oxygens (including phenoxy) is 2. The monoisotopic (exact) mass is 460 g/mol. The molecule has 0 heterocycles. The highest BCUT2D eigenvalue weighted by molar-refractivity contribution is 6.39. The summed E-state index contributed by atoms with van der Waals surface area (Å²) < 4.78 is 24.4. The fourth-order valence-electron chi connectivity index (χ4n) is 2.77. The van der Waals surface area contributed by atoms with Crippen LogP contribution in [0.1, 0.15) is 23.6 Å². The van der Waals surface area contributed by atoms with Gasteiger partial charge in [-0.25, -0.2) is 9.82 Å². The summed E-state index contributed by atoms with van der Waals surface area (Å²) in [5.74, 6) is -1.21. The van der Waals surface area contributed by atoms with E-state index in [1.54, 1.807) is 30.3 Å². The molecule has 2 N–H and O–H groups in total. The first-order chi connectivity index (χ1) is 16.5. The molecule has 3 aromatic rings. The van der Waals surface area contributed by atoms with Gasteiger partial charge in [-0.15, -0.1) is 0 Å². The quantitative estimate of drug-likeness (QED) is 0.302. The van der Waals surface area contributed by atoms with Gasteiger partial charge in [-0.05, 0) is 72.6 Å². The van der Waals surface area contributed by atoms with E-state index >= 15 is 0 Å². The Morgan fingerprint density at radius 3 is 2.41 bits per heavy atom. The van der Waals surface area contributed by atoms with Crippen LogP contribution in [0.5, 0.6) is 11.5 Å². The first-order valence-corrected chi connectivity index (χ1v) is 10.3. The predicted octanol–water partition coefficient (Wildman–Crippen LogP) is 3.76. The number of benzene rings is 3. The second-order valence-corrected chi connectivity index (χ2v) is 6.90.